The summed E-state index contributed by atoms with van der Waals surface area (Å²) in [7, 11) is 0. The van der Waals surface area contributed by atoms with Crippen LogP contribution in [0.4, 0.5) is 0 Å². The van der Waals surface area contributed by atoms with E-state index in [9.17, 15) is 0 Å². The van der Waals surface area contributed by atoms with Gasteiger partial charge in [0, 0.05) is 24.9 Å². The van der Waals surface area contributed by atoms with Crippen molar-refractivity contribution in [1.82, 2.24) is 15.1 Å². The third kappa shape index (κ3) is 4.19. The molecule has 4 heteroatoms. The van der Waals surface area contributed by atoms with Crippen LogP contribution in [0.3, 0.4) is 0 Å². The van der Waals surface area contributed by atoms with Crippen molar-refractivity contribution in [2.75, 3.05) is 13.1 Å². The third-order valence-corrected chi connectivity index (χ3v) is 4.63. The number of nitrogens with one attached hydrogen (secondary N) is 1. The minimum atomic E-state index is 0.0512. The van der Waals surface area contributed by atoms with Crippen LogP contribution in [0.15, 0.2) is 17.1 Å². The Balaban J connectivity index is 2.93. The summed E-state index contributed by atoms with van der Waals surface area (Å²) in [5, 5.41) is 8.19. The van der Waals surface area contributed by atoms with E-state index in [-0.39, 0.29) is 5.41 Å². The molecule has 0 aliphatic rings. The van der Waals surface area contributed by atoms with E-state index < -0.39 is 0 Å². The zero-order valence-electron chi connectivity index (χ0n) is 13.3. The van der Waals surface area contributed by atoms with E-state index in [4.69, 9.17) is 0 Å². The zero-order chi connectivity index (χ0) is 15.2. The Hall–Kier alpha value is -0.610. The summed E-state index contributed by atoms with van der Waals surface area (Å²) < 4.78 is 3.29. The maximum absolute atomic E-state index is 4.68. The molecule has 1 unspecified atom stereocenters. The van der Waals surface area contributed by atoms with Gasteiger partial charge >= 0.3 is 0 Å². The van der Waals surface area contributed by atoms with Crippen molar-refractivity contribution in [3.05, 3.63) is 28.5 Å². The van der Waals surface area contributed by atoms with Gasteiger partial charge < -0.3 is 5.32 Å². The molecule has 114 valence electrons. The molecule has 0 radical (unpaired) electrons. The second kappa shape index (κ2) is 7.99. The molecule has 1 aromatic heterocycles. The molecule has 0 fully saturated rings. The zero-order valence-corrected chi connectivity index (χ0v) is 14.9. The highest BCUT2D eigenvalue weighted by Gasteiger charge is 2.25. The maximum Gasteiger partial charge on any atom is 0.0766 e. The van der Waals surface area contributed by atoms with E-state index in [1.807, 2.05) is 0 Å². The van der Waals surface area contributed by atoms with E-state index in [0.717, 1.165) is 44.6 Å². The van der Waals surface area contributed by atoms with Gasteiger partial charge in [-0.1, -0.05) is 26.8 Å². The lowest BCUT2D eigenvalue weighted by molar-refractivity contribution is 0.378. The number of hydrogen-bond acceptors (Lipinski definition) is 2. The van der Waals surface area contributed by atoms with Crippen LogP contribution in [0.1, 0.15) is 45.5 Å². The van der Waals surface area contributed by atoms with Gasteiger partial charge in [-0.15, -0.1) is 6.58 Å². The minimum absolute atomic E-state index is 0.0512. The average molecular weight is 342 g/mol. The first-order valence-electron chi connectivity index (χ1n) is 7.59. The fourth-order valence-electron chi connectivity index (χ4n) is 2.33. The van der Waals surface area contributed by atoms with Crippen LogP contribution in [-0.2, 0) is 19.4 Å². The summed E-state index contributed by atoms with van der Waals surface area (Å²) in [6.07, 6.45) is 5.14. The van der Waals surface area contributed by atoms with Crippen molar-refractivity contribution in [2.24, 2.45) is 5.41 Å². The molecule has 1 heterocycles. The topological polar surface area (TPSA) is 29.9 Å². The highest BCUT2D eigenvalue weighted by atomic mass is 79.9. The first-order chi connectivity index (χ1) is 9.51. The molecule has 3 nitrogen and oxygen atoms in total. The Kier molecular flexibility index (Phi) is 6.96. The maximum atomic E-state index is 4.68. The Morgan fingerprint density at radius 3 is 2.60 bits per heavy atom. The molecular formula is C16H28BrN3. The first kappa shape index (κ1) is 17.4. The van der Waals surface area contributed by atoms with Crippen molar-refractivity contribution in [3.8, 4) is 0 Å². The van der Waals surface area contributed by atoms with E-state index in [1.54, 1.807) is 0 Å². The van der Waals surface area contributed by atoms with Crippen LogP contribution in [0.25, 0.3) is 0 Å². The molecule has 0 spiro atoms. The molecule has 0 saturated heterocycles. The fraction of sp³-hybridized carbons (Fsp3) is 0.688. The molecule has 0 aliphatic carbocycles. The summed E-state index contributed by atoms with van der Waals surface area (Å²) >= 11 is 3.73. The molecular weight excluding hydrogens is 314 g/mol. The van der Waals surface area contributed by atoms with Gasteiger partial charge in [-0.05, 0) is 42.2 Å². The summed E-state index contributed by atoms with van der Waals surface area (Å²) in [4.78, 5) is 0. The second-order valence-electron chi connectivity index (χ2n) is 5.59. The fourth-order valence-corrected chi connectivity index (χ4v) is 3.03. The van der Waals surface area contributed by atoms with Crippen molar-refractivity contribution in [1.29, 1.82) is 0 Å². The molecule has 1 aromatic rings. The number of rotatable bonds is 9. The van der Waals surface area contributed by atoms with Crippen LogP contribution in [-0.4, -0.2) is 22.9 Å². The van der Waals surface area contributed by atoms with Gasteiger partial charge in [0.15, 0.2) is 0 Å². The van der Waals surface area contributed by atoms with E-state index in [2.05, 4.69) is 71.4 Å². The third-order valence-electron chi connectivity index (χ3n) is 3.71. The molecule has 20 heavy (non-hydrogen) atoms. The Morgan fingerprint density at radius 1 is 1.40 bits per heavy atom. The highest BCUT2D eigenvalue weighted by Crippen LogP contribution is 2.30. The van der Waals surface area contributed by atoms with Gasteiger partial charge in [0.2, 0.25) is 0 Å². The molecule has 1 N–H and O–H groups in total. The number of aryl methyl sites for hydroxylation is 2. The van der Waals surface area contributed by atoms with Crippen LogP contribution in [0.2, 0.25) is 0 Å². The SMILES string of the molecule is C=CC(C)(CNCCC)Cc1c(Br)c(CC)nn1CC. The first-order valence-corrected chi connectivity index (χ1v) is 8.38. The van der Waals surface area contributed by atoms with Gasteiger partial charge in [-0.25, -0.2) is 0 Å². The minimum Gasteiger partial charge on any atom is -0.316 e. The molecule has 0 saturated carbocycles. The lowest BCUT2D eigenvalue weighted by Gasteiger charge is -2.26. The van der Waals surface area contributed by atoms with E-state index in [1.165, 1.54) is 10.2 Å². The predicted molar refractivity (Wildman–Crippen MR) is 90.1 cm³/mol. The Bertz CT molecular complexity index is 439. The van der Waals surface area contributed by atoms with E-state index >= 15 is 0 Å². The van der Waals surface area contributed by atoms with Crippen molar-refractivity contribution >= 4 is 15.9 Å². The van der Waals surface area contributed by atoms with Crippen LogP contribution < -0.4 is 5.32 Å². The molecule has 0 aliphatic heterocycles. The molecule has 1 rings (SSSR count). The van der Waals surface area contributed by atoms with Crippen molar-refractivity contribution in [2.45, 2.75) is 53.5 Å². The predicted octanol–water partition coefficient (Wildman–Crippen LogP) is 3.96. The van der Waals surface area contributed by atoms with Crippen LogP contribution >= 0.6 is 15.9 Å². The van der Waals surface area contributed by atoms with Crippen molar-refractivity contribution < 1.29 is 0 Å². The number of nitrogens with zero attached hydrogens (tertiary/aromatic N) is 2. The van der Waals surface area contributed by atoms with Gasteiger partial charge in [0.1, 0.15) is 0 Å². The van der Waals surface area contributed by atoms with E-state index in [0.29, 0.717) is 0 Å². The lowest BCUT2D eigenvalue weighted by Crippen LogP contribution is -2.33. The second-order valence-corrected chi connectivity index (χ2v) is 6.38. The van der Waals surface area contributed by atoms with Gasteiger partial charge in [0.25, 0.3) is 0 Å². The molecule has 0 amide bonds. The number of hydrogen-bond donors (Lipinski definition) is 1. The van der Waals surface area contributed by atoms with Crippen LogP contribution in [0.5, 0.6) is 0 Å². The summed E-state index contributed by atoms with van der Waals surface area (Å²) in [6, 6.07) is 0. The Labute approximate surface area is 132 Å². The van der Waals surface area contributed by atoms with Crippen LogP contribution in [0, 0.1) is 5.41 Å². The van der Waals surface area contributed by atoms with Gasteiger partial charge in [-0.3, -0.25) is 4.68 Å². The average Bonchev–Trinajstić information content (AvgIpc) is 2.75. The Morgan fingerprint density at radius 2 is 2.10 bits per heavy atom. The monoisotopic (exact) mass is 341 g/mol. The summed E-state index contributed by atoms with van der Waals surface area (Å²) in [5.41, 5.74) is 2.48. The highest BCUT2D eigenvalue weighted by molar-refractivity contribution is 9.10. The number of aromatic nitrogens is 2. The molecule has 0 aromatic carbocycles. The smallest absolute Gasteiger partial charge is 0.0766 e. The van der Waals surface area contributed by atoms with Gasteiger partial charge in [0.05, 0.1) is 15.9 Å². The van der Waals surface area contributed by atoms with Crippen molar-refractivity contribution in [3.63, 3.8) is 0 Å². The normalized spacial score (nSPS) is 14.2. The van der Waals surface area contributed by atoms with Gasteiger partial charge in [-0.2, -0.15) is 5.10 Å². The summed E-state index contributed by atoms with van der Waals surface area (Å²) in [5.74, 6) is 0. The quantitative estimate of drug-likeness (QED) is 0.544. The largest absolute Gasteiger partial charge is 0.316 e. The molecule has 0 bridgehead atoms. The standard InChI is InChI=1S/C16H28BrN3/c1-6-10-18-12-16(5,8-3)11-14-15(17)13(7-2)19-20(14)9-4/h8,18H,3,6-7,9-12H2,1-2,4-5H3. The lowest BCUT2D eigenvalue weighted by atomic mass is 9.85. The number of halogens is 1. The summed E-state index contributed by atoms with van der Waals surface area (Å²) in [6.45, 7) is 15.7. The molecule has 1 atom stereocenters.